The molecule has 0 aromatic carbocycles. The average Bonchev–Trinajstić information content (AvgIpc) is 3.44. The average molecular weight is 605 g/mol. The standard InChI is InChI=1S/C34H45FN6OS/c1-5-30-33(38(4)34(43-6-2)36-21-26-9-7-11-29(35)14-13-26)41-23-28(10-8-12-31(41)37-30)27-16-18-39(19-17-27)24-32(42)40-20-15-25(3)22-40/h6-9,11-14,23,25-27H,2,5,10,15-22,24H2,1,3-4H3. The minimum absolute atomic E-state index is 0.0148. The topological polar surface area (TPSA) is 57.0 Å². The number of anilines is 1. The van der Waals surface area contributed by atoms with Gasteiger partial charge in [0.2, 0.25) is 5.91 Å². The number of hydrogen-bond donors (Lipinski definition) is 0. The molecule has 3 aliphatic heterocycles. The molecule has 0 bridgehead atoms. The van der Waals surface area contributed by atoms with Gasteiger partial charge in [-0.3, -0.25) is 19.3 Å². The number of aliphatic imine (C=N–C) groups is 1. The van der Waals surface area contributed by atoms with Gasteiger partial charge in [0.15, 0.2) is 5.17 Å². The van der Waals surface area contributed by atoms with Crippen LogP contribution in [-0.4, -0.2) is 76.7 Å². The number of thioether (sulfide) groups is 1. The van der Waals surface area contributed by atoms with E-state index in [-0.39, 0.29) is 17.7 Å². The molecule has 5 rings (SSSR count). The van der Waals surface area contributed by atoms with E-state index >= 15 is 0 Å². The summed E-state index contributed by atoms with van der Waals surface area (Å²) in [6.07, 6.45) is 20.1. The maximum Gasteiger partial charge on any atom is 0.236 e. The molecule has 0 N–H and O–H groups in total. The summed E-state index contributed by atoms with van der Waals surface area (Å²) in [7, 11) is 2.04. The van der Waals surface area contributed by atoms with Crippen molar-refractivity contribution < 1.29 is 9.18 Å². The van der Waals surface area contributed by atoms with Crippen LogP contribution in [0.2, 0.25) is 0 Å². The van der Waals surface area contributed by atoms with Crippen molar-refractivity contribution in [1.29, 1.82) is 0 Å². The predicted molar refractivity (Wildman–Crippen MR) is 179 cm³/mol. The minimum Gasteiger partial charge on any atom is -0.341 e. The highest BCUT2D eigenvalue weighted by atomic mass is 32.2. The smallest absolute Gasteiger partial charge is 0.236 e. The zero-order valence-electron chi connectivity index (χ0n) is 25.8. The van der Waals surface area contributed by atoms with E-state index in [1.54, 1.807) is 11.5 Å². The Morgan fingerprint density at radius 1 is 1.23 bits per heavy atom. The number of piperidine rings is 1. The molecule has 0 radical (unpaired) electrons. The van der Waals surface area contributed by atoms with Crippen LogP contribution in [0.3, 0.4) is 0 Å². The molecule has 0 spiro atoms. The molecule has 1 aromatic heterocycles. The number of amidine groups is 1. The number of imidazole rings is 1. The van der Waals surface area contributed by atoms with Gasteiger partial charge in [-0.25, -0.2) is 9.37 Å². The Balaban J connectivity index is 1.32. The molecule has 2 atom stereocenters. The molecular formula is C34H45FN6OS. The Bertz CT molecular complexity index is 1360. The fourth-order valence-corrected chi connectivity index (χ4v) is 6.89. The van der Waals surface area contributed by atoms with E-state index in [2.05, 4.69) is 53.1 Å². The number of hydrogen-bond acceptors (Lipinski definition) is 5. The highest BCUT2D eigenvalue weighted by molar-refractivity contribution is 8.16. The summed E-state index contributed by atoms with van der Waals surface area (Å²) in [6, 6.07) is 0. The number of carbonyl (C=O) groups is 1. The number of aryl methyl sites for hydroxylation is 1. The number of nitrogens with zero attached hydrogens (tertiary/aromatic N) is 6. The van der Waals surface area contributed by atoms with E-state index < -0.39 is 0 Å². The normalized spacial score (nSPS) is 23.1. The van der Waals surface area contributed by atoms with Crippen LogP contribution >= 0.6 is 11.8 Å². The summed E-state index contributed by atoms with van der Waals surface area (Å²) in [6.45, 7) is 13.1. The summed E-state index contributed by atoms with van der Waals surface area (Å²) < 4.78 is 15.9. The first kappa shape index (κ1) is 31.3. The summed E-state index contributed by atoms with van der Waals surface area (Å²) in [5.74, 6) is 3.08. The van der Waals surface area contributed by atoms with E-state index in [1.165, 1.54) is 29.5 Å². The number of likely N-dealkylation sites (tertiary alicyclic amines) is 2. The van der Waals surface area contributed by atoms with E-state index in [4.69, 9.17) is 9.98 Å². The number of rotatable bonds is 8. The molecule has 7 nitrogen and oxygen atoms in total. The van der Waals surface area contributed by atoms with Crippen LogP contribution in [0, 0.1) is 17.8 Å². The number of amides is 1. The molecule has 1 aromatic rings. The molecule has 9 heteroatoms. The van der Waals surface area contributed by atoms with Crippen molar-refractivity contribution in [2.75, 3.05) is 51.2 Å². The van der Waals surface area contributed by atoms with Gasteiger partial charge in [-0.15, -0.1) is 0 Å². The predicted octanol–water partition coefficient (Wildman–Crippen LogP) is 6.55. The third-order valence-corrected chi connectivity index (χ3v) is 9.61. The highest BCUT2D eigenvalue weighted by Crippen LogP contribution is 2.34. The quantitative estimate of drug-likeness (QED) is 0.249. The van der Waals surface area contributed by atoms with E-state index in [1.807, 2.05) is 24.1 Å². The monoisotopic (exact) mass is 604 g/mol. The molecule has 4 heterocycles. The Morgan fingerprint density at radius 3 is 2.77 bits per heavy atom. The van der Waals surface area contributed by atoms with Crippen molar-refractivity contribution in [3.05, 3.63) is 71.4 Å². The Morgan fingerprint density at radius 2 is 2.05 bits per heavy atom. The Hall–Kier alpha value is -3.17. The van der Waals surface area contributed by atoms with Crippen LogP contribution in [-0.2, 0) is 11.2 Å². The number of aromatic nitrogens is 2. The van der Waals surface area contributed by atoms with Gasteiger partial charge in [-0.1, -0.05) is 56.5 Å². The fraction of sp³-hybridized carbons (Fsp3) is 0.500. The second-order valence-electron chi connectivity index (χ2n) is 12.0. The Labute approximate surface area is 260 Å². The van der Waals surface area contributed by atoms with Crippen LogP contribution in [0.1, 0.15) is 51.0 Å². The maximum atomic E-state index is 13.7. The summed E-state index contributed by atoms with van der Waals surface area (Å²) in [5.41, 5.74) is 2.42. The first-order chi connectivity index (χ1) is 20.9. The fourth-order valence-electron chi connectivity index (χ4n) is 6.35. The molecule has 43 heavy (non-hydrogen) atoms. The van der Waals surface area contributed by atoms with Gasteiger partial charge in [-0.2, -0.15) is 0 Å². The number of halogens is 1. The first-order valence-corrected chi connectivity index (χ1v) is 16.5. The summed E-state index contributed by atoms with van der Waals surface area (Å²) in [5, 5.41) is 2.62. The van der Waals surface area contributed by atoms with Crippen molar-refractivity contribution in [3.8, 4) is 0 Å². The molecular weight excluding hydrogens is 559 g/mol. The van der Waals surface area contributed by atoms with Crippen molar-refractivity contribution in [2.24, 2.45) is 22.7 Å². The molecule has 1 amide bonds. The third-order valence-electron chi connectivity index (χ3n) is 8.83. The number of fused-ring (bicyclic) bond motifs is 1. The van der Waals surface area contributed by atoms with E-state index in [0.717, 1.165) is 80.8 Å². The molecule has 4 aliphatic rings. The lowest BCUT2D eigenvalue weighted by Gasteiger charge is -2.33. The first-order valence-electron chi connectivity index (χ1n) is 15.6. The van der Waals surface area contributed by atoms with Gasteiger partial charge in [0.25, 0.3) is 0 Å². The third kappa shape index (κ3) is 7.68. The van der Waals surface area contributed by atoms with Crippen LogP contribution < -0.4 is 4.90 Å². The van der Waals surface area contributed by atoms with Crippen LogP contribution in [0.15, 0.2) is 64.8 Å². The van der Waals surface area contributed by atoms with Crippen molar-refractivity contribution in [2.45, 2.75) is 46.0 Å². The second kappa shape index (κ2) is 14.5. The van der Waals surface area contributed by atoms with Gasteiger partial charge in [-0.05, 0) is 86.2 Å². The molecule has 230 valence electrons. The summed E-state index contributed by atoms with van der Waals surface area (Å²) in [4.78, 5) is 29.3. The van der Waals surface area contributed by atoms with Gasteiger partial charge in [0.05, 0.1) is 18.8 Å². The van der Waals surface area contributed by atoms with Gasteiger partial charge in [0.1, 0.15) is 17.5 Å². The van der Waals surface area contributed by atoms with Crippen molar-refractivity contribution in [1.82, 2.24) is 19.4 Å². The highest BCUT2D eigenvalue weighted by Gasteiger charge is 2.29. The zero-order chi connectivity index (χ0) is 30.3. The lowest BCUT2D eigenvalue weighted by molar-refractivity contribution is -0.131. The minimum atomic E-state index is -0.248. The van der Waals surface area contributed by atoms with Crippen LogP contribution in [0.4, 0.5) is 10.2 Å². The number of allylic oxidation sites excluding steroid dienone is 6. The summed E-state index contributed by atoms with van der Waals surface area (Å²) >= 11 is 1.48. The molecule has 1 aliphatic carbocycles. The van der Waals surface area contributed by atoms with Gasteiger partial charge < -0.3 is 9.80 Å². The molecule has 0 saturated carbocycles. The molecule has 2 saturated heterocycles. The van der Waals surface area contributed by atoms with E-state index in [9.17, 15) is 9.18 Å². The van der Waals surface area contributed by atoms with Gasteiger partial charge >= 0.3 is 0 Å². The Kier molecular flexibility index (Phi) is 10.6. The van der Waals surface area contributed by atoms with Crippen LogP contribution in [0.5, 0.6) is 0 Å². The van der Waals surface area contributed by atoms with Crippen LogP contribution in [0.25, 0.3) is 12.3 Å². The largest absolute Gasteiger partial charge is 0.341 e. The molecule has 2 fully saturated rings. The van der Waals surface area contributed by atoms with Gasteiger partial charge in [0, 0.05) is 32.3 Å². The maximum absolute atomic E-state index is 13.7. The lowest BCUT2D eigenvalue weighted by atomic mass is 9.88. The number of carbonyl (C=O) groups excluding carboxylic acids is 1. The van der Waals surface area contributed by atoms with E-state index in [0.29, 0.717) is 24.9 Å². The zero-order valence-corrected chi connectivity index (χ0v) is 26.6. The SMILES string of the molecule is C=CSC(=NCC1C=CC=C(F)C=C1)N(C)c1c(CC)nc2n1C=C(C1CCN(CC(=O)N3CCC(C)C3)CC1)CC=C2. The molecule has 2 unspecified atom stereocenters. The van der Waals surface area contributed by atoms with Crippen molar-refractivity contribution in [3.63, 3.8) is 0 Å². The second-order valence-corrected chi connectivity index (χ2v) is 12.9. The lowest BCUT2D eigenvalue weighted by Crippen LogP contribution is -2.43. The van der Waals surface area contributed by atoms with Crippen molar-refractivity contribution >= 4 is 40.9 Å².